The minimum absolute atomic E-state index is 0.296. The molecule has 1 aromatic carbocycles. The number of carbonyl (C=O) groups excluding carboxylic acids is 1. The van der Waals surface area contributed by atoms with Crippen LogP contribution in [-0.2, 0) is 11.8 Å². The van der Waals surface area contributed by atoms with E-state index in [1.165, 1.54) is 7.11 Å². The number of rotatable bonds is 1. The Labute approximate surface area is 96.8 Å². The lowest BCUT2D eigenvalue weighted by atomic mass is 10.1. The van der Waals surface area contributed by atoms with Crippen LogP contribution < -0.4 is 5.73 Å². The topological polar surface area (TPSA) is 70.1 Å². The third-order valence-corrected chi connectivity index (χ3v) is 2.74. The van der Waals surface area contributed by atoms with Gasteiger partial charge in [-0.2, -0.15) is 0 Å². The number of carbonyl (C=O) groups is 1. The van der Waals surface area contributed by atoms with E-state index < -0.39 is 5.97 Å². The van der Waals surface area contributed by atoms with E-state index in [1.807, 2.05) is 0 Å². The molecule has 1 aromatic heterocycles. The summed E-state index contributed by atoms with van der Waals surface area (Å²) in [5.74, 6) is -0.485. The second-order valence-electron chi connectivity index (χ2n) is 3.36. The highest BCUT2D eigenvalue weighted by molar-refractivity contribution is 6.29. The van der Waals surface area contributed by atoms with E-state index in [0.29, 0.717) is 22.1 Å². The minimum Gasteiger partial charge on any atom is -0.465 e. The molecular formula is C10H10ClN3O2. The van der Waals surface area contributed by atoms with Gasteiger partial charge in [-0.05, 0) is 23.7 Å². The number of halogens is 1. The molecule has 0 aliphatic heterocycles. The largest absolute Gasteiger partial charge is 0.465 e. The Morgan fingerprint density at radius 2 is 2.25 bits per heavy atom. The molecule has 0 aliphatic rings. The van der Waals surface area contributed by atoms with Crippen LogP contribution in [0.15, 0.2) is 12.1 Å². The average molecular weight is 240 g/mol. The first kappa shape index (κ1) is 10.8. The number of hydrogen-bond acceptors (Lipinski definition) is 4. The van der Waals surface area contributed by atoms with E-state index in [4.69, 9.17) is 17.3 Å². The second kappa shape index (κ2) is 3.68. The molecule has 5 nitrogen and oxygen atoms in total. The van der Waals surface area contributed by atoms with Crippen molar-refractivity contribution in [2.45, 2.75) is 0 Å². The van der Waals surface area contributed by atoms with Crippen LogP contribution in [-0.4, -0.2) is 22.6 Å². The maximum absolute atomic E-state index is 11.4. The average Bonchev–Trinajstić information content (AvgIpc) is 2.53. The van der Waals surface area contributed by atoms with Gasteiger partial charge in [-0.15, -0.1) is 0 Å². The van der Waals surface area contributed by atoms with Crippen molar-refractivity contribution in [3.05, 3.63) is 23.0 Å². The van der Waals surface area contributed by atoms with Crippen LogP contribution >= 0.6 is 11.6 Å². The van der Waals surface area contributed by atoms with Crippen molar-refractivity contribution in [1.82, 2.24) is 9.55 Å². The fraction of sp³-hybridized carbons (Fsp3) is 0.200. The molecule has 2 aromatic rings. The van der Waals surface area contributed by atoms with Crippen molar-refractivity contribution >= 4 is 34.3 Å². The Morgan fingerprint density at radius 1 is 1.56 bits per heavy atom. The number of nitrogen functional groups attached to an aromatic ring is 1. The Hall–Kier alpha value is -1.75. The van der Waals surface area contributed by atoms with Gasteiger partial charge in [-0.1, -0.05) is 0 Å². The summed E-state index contributed by atoms with van der Waals surface area (Å²) in [6.45, 7) is 0. The molecule has 16 heavy (non-hydrogen) atoms. The molecule has 0 atom stereocenters. The summed E-state index contributed by atoms with van der Waals surface area (Å²) >= 11 is 5.87. The monoisotopic (exact) mass is 239 g/mol. The van der Waals surface area contributed by atoms with Crippen LogP contribution in [0.3, 0.4) is 0 Å². The zero-order valence-electron chi connectivity index (χ0n) is 8.82. The molecule has 0 saturated carbocycles. The van der Waals surface area contributed by atoms with Gasteiger partial charge in [0, 0.05) is 12.7 Å². The van der Waals surface area contributed by atoms with Crippen molar-refractivity contribution in [3.8, 4) is 0 Å². The van der Waals surface area contributed by atoms with Crippen LogP contribution in [0.2, 0.25) is 5.28 Å². The van der Waals surface area contributed by atoms with E-state index in [9.17, 15) is 4.79 Å². The fourth-order valence-electron chi connectivity index (χ4n) is 1.51. The first-order chi connectivity index (χ1) is 7.54. The number of esters is 1. The standard InChI is InChI=1S/C10H10ClN3O2/c1-14-8-4-6(12)5(9(15)16-2)3-7(8)13-10(14)11/h3-4H,12H2,1-2H3. The molecule has 2 rings (SSSR count). The van der Waals surface area contributed by atoms with E-state index in [-0.39, 0.29) is 0 Å². The van der Waals surface area contributed by atoms with E-state index in [0.717, 1.165) is 5.52 Å². The predicted octanol–water partition coefficient (Wildman–Crippen LogP) is 1.60. The lowest BCUT2D eigenvalue weighted by Crippen LogP contribution is -2.05. The number of aryl methyl sites for hydroxylation is 1. The summed E-state index contributed by atoms with van der Waals surface area (Å²) < 4.78 is 6.31. The number of benzene rings is 1. The number of hydrogen-bond donors (Lipinski definition) is 1. The highest BCUT2D eigenvalue weighted by atomic mass is 35.5. The number of ether oxygens (including phenoxy) is 1. The van der Waals surface area contributed by atoms with Gasteiger partial charge in [0.05, 0.1) is 23.7 Å². The van der Waals surface area contributed by atoms with Crippen LogP contribution in [0.1, 0.15) is 10.4 Å². The number of nitrogens with two attached hydrogens (primary N) is 1. The van der Waals surface area contributed by atoms with Gasteiger partial charge in [0.25, 0.3) is 0 Å². The molecule has 0 aliphatic carbocycles. The first-order valence-corrected chi connectivity index (χ1v) is 4.92. The lowest BCUT2D eigenvalue weighted by Gasteiger charge is -2.04. The highest BCUT2D eigenvalue weighted by Crippen LogP contribution is 2.24. The number of fused-ring (bicyclic) bond motifs is 1. The van der Waals surface area contributed by atoms with Gasteiger partial charge in [0.2, 0.25) is 5.28 Å². The molecule has 6 heteroatoms. The fourth-order valence-corrected chi connectivity index (χ4v) is 1.69. The summed E-state index contributed by atoms with van der Waals surface area (Å²) in [7, 11) is 3.08. The second-order valence-corrected chi connectivity index (χ2v) is 3.70. The summed E-state index contributed by atoms with van der Waals surface area (Å²) in [5.41, 5.74) is 7.78. The summed E-state index contributed by atoms with van der Waals surface area (Å²) in [6, 6.07) is 3.23. The van der Waals surface area contributed by atoms with Crippen LogP contribution in [0.25, 0.3) is 11.0 Å². The van der Waals surface area contributed by atoms with Crippen molar-refractivity contribution in [3.63, 3.8) is 0 Å². The number of imidazole rings is 1. The summed E-state index contributed by atoms with van der Waals surface area (Å²) in [6.07, 6.45) is 0. The Kier molecular flexibility index (Phi) is 2.47. The van der Waals surface area contributed by atoms with Crippen molar-refractivity contribution in [2.75, 3.05) is 12.8 Å². The van der Waals surface area contributed by atoms with Crippen molar-refractivity contribution < 1.29 is 9.53 Å². The maximum Gasteiger partial charge on any atom is 0.340 e. The van der Waals surface area contributed by atoms with Crippen LogP contribution in [0.4, 0.5) is 5.69 Å². The van der Waals surface area contributed by atoms with Crippen molar-refractivity contribution in [1.29, 1.82) is 0 Å². The molecule has 0 bridgehead atoms. The molecule has 0 radical (unpaired) electrons. The Bertz CT molecular complexity index is 577. The van der Waals surface area contributed by atoms with Gasteiger partial charge in [-0.25, -0.2) is 9.78 Å². The zero-order chi connectivity index (χ0) is 11.9. The molecule has 0 amide bonds. The summed E-state index contributed by atoms with van der Waals surface area (Å²) in [5, 5.41) is 0.344. The predicted molar refractivity (Wildman–Crippen MR) is 61.5 cm³/mol. The van der Waals surface area contributed by atoms with Gasteiger partial charge in [-0.3, -0.25) is 0 Å². The third kappa shape index (κ3) is 1.49. The molecule has 0 unspecified atom stereocenters. The Balaban J connectivity index is 2.72. The minimum atomic E-state index is -0.485. The Morgan fingerprint density at radius 3 is 2.88 bits per heavy atom. The summed E-state index contributed by atoms with van der Waals surface area (Å²) in [4.78, 5) is 15.5. The first-order valence-electron chi connectivity index (χ1n) is 4.54. The number of nitrogens with zero attached hydrogens (tertiary/aromatic N) is 2. The molecule has 84 valence electrons. The van der Waals surface area contributed by atoms with Gasteiger partial charge in [0.15, 0.2) is 0 Å². The quantitative estimate of drug-likeness (QED) is 0.606. The molecule has 0 spiro atoms. The normalized spacial score (nSPS) is 10.7. The highest BCUT2D eigenvalue weighted by Gasteiger charge is 2.14. The van der Waals surface area contributed by atoms with Gasteiger partial charge >= 0.3 is 5.97 Å². The number of anilines is 1. The lowest BCUT2D eigenvalue weighted by molar-refractivity contribution is 0.0602. The van der Waals surface area contributed by atoms with Crippen molar-refractivity contribution in [2.24, 2.45) is 7.05 Å². The molecule has 1 heterocycles. The van der Waals surface area contributed by atoms with Gasteiger partial charge < -0.3 is 15.0 Å². The van der Waals surface area contributed by atoms with Gasteiger partial charge in [0.1, 0.15) is 0 Å². The van der Waals surface area contributed by atoms with E-state index in [2.05, 4.69) is 9.72 Å². The number of methoxy groups -OCH3 is 1. The van der Waals surface area contributed by atoms with E-state index in [1.54, 1.807) is 23.7 Å². The van der Waals surface area contributed by atoms with E-state index >= 15 is 0 Å². The molecule has 2 N–H and O–H groups in total. The van der Waals surface area contributed by atoms with Crippen LogP contribution in [0.5, 0.6) is 0 Å². The SMILES string of the molecule is COC(=O)c1cc2nc(Cl)n(C)c2cc1N. The maximum atomic E-state index is 11.4. The molecule has 0 saturated heterocycles. The number of aromatic nitrogens is 2. The molecular weight excluding hydrogens is 230 g/mol. The smallest absolute Gasteiger partial charge is 0.340 e. The third-order valence-electron chi connectivity index (χ3n) is 2.40. The van der Waals surface area contributed by atoms with Crippen LogP contribution in [0, 0.1) is 0 Å². The zero-order valence-corrected chi connectivity index (χ0v) is 9.58. The molecule has 0 fully saturated rings.